The second-order valence-electron chi connectivity index (χ2n) is 8.61. The van der Waals surface area contributed by atoms with Crippen LogP contribution in [0, 0.1) is 5.92 Å². The Bertz CT molecular complexity index is 570. The summed E-state index contributed by atoms with van der Waals surface area (Å²) in [6.07, 6.45) is 3.96. The number of likely N-dealkylation sites (N-methyl/N-ethyl adjacent to an activating group) is 1. The smallest absolute Gasteiger partial charge is 0.0623 e. The van der Waals surface area contributed by atoms with Gasteiger partial charge in [-0.25, -0.2) is 0 Å². The summed E-state index contributed by atoms with van der Waals surface area (Å²) in [6, 6.07) is 10.4. The van der Waals surface area contributed by atoms with Crippen LogP contribution in [-0.4, -0.2) is 74.9 Å². The third-order valence-corrected chi connectivity index (χ3v) is 6.63. The molecule has 0 bridgehead atoms. The highest BCUT2D eigenvalue weighted by Crippen LogP contribution is 2.29. The fraction of sp³-hybridized carbons (Fsp3) is 0.727. The largest absolute Gasteiger partial charge is 0.379 e. The lowest BCUT2D eigenvalue weighted by molar-refractivity contribution is 0.0524. The SMILES string of the molecule is CN1CCN(Cc2ccc(CNC3CCCC3C3COCCN3)cc2)CC1.Cl. The minimum atomic E-state index is 0. The predicted molar refractivity (Wildman–Crippen MR) is 117 cm³/mol. The van der Waals surface area contributed by atoms with Crippen molar-refractivity contribution >= 4 is 12.4 Å². The van der Waals surface area contributed by atoms with Gasteiger partial charge in [0.25, 0.3) is 0 Å². The molecule has 3 unspecified atom stereocenters. The Morgan fingerprint density at radius 1 is 1.07 bits per heavy atom. The molecule has 0 aromatic heterocycles. The number of hydrogen-bond acceptors (Lipinski definition) is 5. The quantitative estimate of drug-likeness (QED) is 0.754. The Kier molecular flexibility index (Phi) is 8.57. The summed E-state index contributed by atoms with van der Waals surface area (Å²) in [4.78, 5) is 4.98. The molecule has 5 nitrogen and oxygen atoms in total. The van der Waals surface area contributed by atoms with Crippen molar-refractivity contribution in [3.8, 4) is 0 Å². The number of nitrogens with one attached hydrogen (secondary N) is 2. The first-order valence-corrected chi connectivity index (χ1v) is 10.8. The molecule has 1 saturated carbocycles. The number of ether oxygens (including phenoxy) is 1. The van der Waals surface area contributed by atoms with Crippen molar-refractivity contribution in [1.29, 1.82) is 0 Å². The molecule has 2 N–H and O–H groups in total. The van der Waals surface area contributed by atoms with Crippen molar-refractivity contribution < 1.29 is 4.74 Å². The van der Waals surface area contributed by atoms with E-state index < -0.39 is 0 Å². The molecule has 1 aliphatic carbocycles. The number of piperazine rings is 1. The topological polar surface area (TPSA) is 39.8 Å². The van der Waals surface area contributed by atoms with Gasteiger partial charge >= 0.3 is 0 Å². The summed E-state index contributed by atoms with van der Waals surface area (Å²) in [6.45, 7) is 9.54. The average Bonchev–Trinajstić information content (AvgIpc) is 3.19. The van der Waals surface area contributed by atoms with Crippen LogP contribution in [0.4, 0.5) is 0 Å². The van der Waals surface area contributed by atoms with E-state index in [1.54, 1.807) is 0 Å². The van der Waals surface area contributed by atoms with Crippen molar-refractivity contribution in [3.63, 3.8) is 0 Å². The summed E-state index contributed by atoms with van der Waals surface area (Å²) >= 11 is 0. The molecule has 4 rings (SSSR count). The zero-order valence-electron chi connectivity index (χ0n) is 17.2. The predicted octanol–water partition coefficient (Wildman–Crippen LogP) is 2.10. The molecule has 1 aromatic rings. The van der Waals surface area contributed by atoms with Crippen molar-refractivity contribution in [2.75, 3.05) is 53.0 Å². The molecule has 2 aliphatic heterocycles. The Hall–Kier alpha value is -0.690. The number of benzene rings is 1. The molecule has 28 heavy (non-hydrogen) atoms. The molecule has 3 aliphatic rings. The van der Waals surface area contributed by atoms with Crippen molar-refractivity contribution in [2.24, 2.45) is 5.92 Å². The molecular formula is C22H37ClN4O. The maximum absolute atomic E-state index is 5.69. The zero-order valence-corrected chi connectivity index (χ0v) is 18.1. The first-order valence-electron chi connectivity index (χ1n) is 10.8. The van der Waals surface area contributed by atoms with Gasteiger partial charge in [0.1, 0.15) is 0 Å². The van der Waals surface area contributed by atoms with Crippen molar-refractivity contribution in [3.05, 3.63) is 35.4 Å². The van der Waals surface area contributed by atoms with Crippen LogP contribution >= 0.6 is 12.4 Å². The van der Waals surface area contributed by atoms with E-state index in [0.717, 1.165) is 32.8 Å². The molecule has 1 aromatic carbocycles. The highest BCUT2D eigenvalue weighted by Gasteiger charge is 2.34. The summed E-state index contributed by atoms with van der Waals surface area (Å²) < 4.78 is 5.69. The van der Waals surface area contributed by atoms with E-state index >= 15 is 0 Å². The van der Waals surface area contributed by atoms with Crippen molar-refractivity contribution in [2.45, 2.75) is 44.4 Å². The maximum Gasteiger partial charge on any atom is 0.0623 e. The normalized spacial score (nSPS) is 29.5. The van der Waals surface area contributed by atoms with Gasteiger partial charge in [0, 0.05) is 57.9 Å². The zero-order chi connectivity index (χ0) is 18.5. The number of rotatable bonds is 6. The minimum Gasteiger partial charge on any atom is -0.379 e. The maximum atomic E-state index is 5.69. The van der Waals surface area contributed by atoms with E-state index in [0.29, 0.717) is 18.0 Å². The Morgan fingerprint density at radius 2 is 1.82 bits per heavy atom. The number of halogens is 1. The minimum absolute atomic E-state index is 0. The van der Waals surface area contributed by atoms with Crippen LogP contribution in [0.2, 0.25) is 0 Å². The highest BCUT2D eigenvalue weighted by molar-refractivity contribution is 5.85. The molecule has 2 heterocycles. The summed E-state index contributed by atoms with van der Waals surface area (Å²) in [5.74, 6) is 0.710. The van der Waals surface area contributed by atoms with Gasteiger partial charge in [0.15, 0.2) is 0 Å². The Balaban J connectivity index is 0.00000225. The van der Waals surface area contributed by atoms with Crippen molar-refractivity contribution in [1.82, 2.24) is 20.4 Å². The lowest BCUT2D eigenvalue weighted by Gasteiger charge is -2.33. The van der Waals surface area contributed by atoms with E-state index in [1.165, 1.54) is 56.6 Å². The molecular weight excluding hydrogens is 372 g/mol. The third kappa shape index (κ3) is 5.91. The van der Waals surface area contributed by atoms with Gasteiger partial charge in [-0.3, -0.25) is 4.90 Å². The van der Waals surface area contributed by atoms with E-state index in [-0.39, 0.29) is 12.4 Å². The monoisotopic (exact) mass is 408 g/mol. The van der Waals surface area contributed by atoms with Crippen LogP contribution in [-0.2, 0) is 17.8 Å². The Morgan fingerprint density at radius 3 is 2.54 bits per heavy atom. The van der Waals surface area contributed by atoms with E-state index in [9.17, 15) is 0 Å². The standard InChI is InChI=1S/C22H36N4O.ClH/c1-25-10-12-26(13-11-25)16-19-7-5-18(6-8-19)15-24-21-4-2-3-20(21)22-17-27-14-9-23-22;/h5-8,20-24H,2-4,9-17H2,1H3;1H. The molecule has 3 atom stereocenters. The van der Waals surface area contributed by atoms with Gasteiger partial charge in [0.05, 0.1) is 13.2 Å². The molecule has 0 amide bonds. The van der Waals surface area contributed by atoms with Crippen LogP contribution in [0.25, 0.3) is 0 Å². The first kappa shape index (κ1) is 22.0. The van der Waals surface area contributed by atoms with Crippen LogP contribution in [0.1, 0.15) is 30.4 Å². The number of hydrogen-bond donors (Lipinski definition) is 2. The van der Waals surface area contributed by atoms with Crippen LogP contribution in [0.3, 0.4) is 0 Å². The molecule has 0 radical (unpaired) electrons. The first-order chi connectivity index (χ1) is 13.3. The number of morpholine rings is 1. The van der Waals surface area contributed by atoms with Crippen LogP contribution in [0.15, 0.2) is 24.3 Å². The fourth-order valence-electron chi connectivity index (χ4n) is 4.86. The summed E-state index contributed by atoms with van der Waals surface area (Å²) in [5.41, 5.74) is 2.83. The highest BCUT2D eigenvalue weighted by atomic mass is 35.5. The summed E-state index contributed by atoms with van der Waals surface area (Å²) in [5, 5.41) is 7.50. The summed E-state index contributed by atoms with van der Waals surface area (Å²) in [7, 11) is 2.21. The number of nitrogens with zero attached hydrogens (tertiary/aromatic N) is 2. The molecule has 158 valence electrons. The van der Waals surface area contributed by atoms with Crippen LogP contribution < -0.4 is 10.6 Å². The van der Waals surface area contributed by atoms with Gasteiger partial charge in [-0.1, -0.05) is 30.7 Å². The van der Waals surface area contributed by atoms with Gasteiger partial charge in [-0.05, 0) is 36.9 Å². The van der Waals surface area contributed by atoms with E-state index in [2.05, 4.69) is 51.7 Å². The van der Waals surface area contributed by atoms with Gasteiger partial charge in [0.2, 0.25) is 0 Å². The average molecular weight is 409 g/mol. The second kappa shape index (κ2) is 10.9. The molecule has 3 fully saturated rings. The Labute approximate surface area is 176 Å². The van der Waals surface area contributed by atoms with Crippen LogP contribution in [0.5, 0.6) is 0 Å². The third-order valence-electron chi connectivity index (χ3n) is 6.63. The van der Waals surface area contributed by atoms with Gasteiger partial charge in [-0.2, -0.15) is 0 Å². The van der Waals surface area contributed by atoms with Gasteiger partial charge in [-0.15, -0.1) is 12.4 Å². The lowest BCUT2D eigenvalue weighted by atomic mass is 9.94. The fourth-order valence-corrected chi connectivity index (χ4v) is 4.86. The second-order valence-corrected chi connectivity index (χ2v) is 8.61. The van der Waals surface area contributed by atoms with E-state index in [1.807, 2.05) is 0 Å². The molecule has 6 heteroatoms. The lowest BCUT2D eigenvalue weighted by Crippen LogP contribution is -2.50. The molecule has 0 spiro atoms. The van der Waals surface area contributed by atoms with E-state index in [4.69, 9.17) is 4.74 Å². The van der Waals surface area contributed by atoms with Gasteiger partial charge < -0.3 is 20.3 Å². The molecule has 2 saturated heterocycles.